The van der Waals surface area contributed by atoms with Gasteiger partial charge in [0.25, 0.3) is 5.91 Å². The highest BCUT2D eigenvalue weighted by atomic mass is 32.1. The quantitative estimate of drug-likeness (QED) is 0.237. The molecule has 4 aromatic carbocycles. The summed E-state index contributed by atoms with van der Waals surface area (Å²) in [5, 5.41) is 13.4. The standard InChI is InChI=1S/C31H25NO4S/c33-30(29-19-25-18-24(13-16-28(25)37-29)23-9-5-2-6-10-23)32-27(31(34)35)17-21-11-14-26(15-12-21)36-20-22-7-3-1-4-8-22/h1-16,18-19,27H,17,20H2,(H,32,33)(H,34,35). The number of aliphatic carboxylic acids is 1. The Bertz CT molecular complexity index is 1510. The van der Waals surface area contributed by atoms with Crippen LogP contribution in [0.5, 0.6) is 5.75 Å². The maximum absolute atomic E-state index is 13.0. The fourth-order valence-corrected chi connectivity index (χ4v) is 5.04. The summed E-state index contributed by atoms with van der Waals surface area (Å²) in [6.07, 6.45) is 0.170. The number of carbonyl (C=O) groups is 2. The second kappa shape index (κ2) is 11.1. The van der Waals surface area contributed by atoms with Crippen molar-refractivity contribution in [1.82, 2.24) is 5.32 Å². The summed E-state index contributed by atoms with van der Waals surface area (Å²) in [5.41, 5.74) is 4.03. The van der Waals surface area contributed by atoms with Crippen LogP contribution < -0.4 is 10.1 Å². The zero-order chi connectivity index (χ0) is 25.6. The molecule has 0 bridgehead atoms. The fourth-order valence-electron chi connectivity index (χ4n) is 4.09. The van der Waals surface area contributed by atoms with Gasteiger partial charge in [-0.05, 0) is 58.0 Å². The molecule has 5 rings (SSSR count). The molecule has 2 N–H and O–H groups in total. The third-order valence-corrected chi connectivity index (χ3v) is 7.18. The zero-order valence-electron chi connectivity index (χ0n) is 20.0. The van der Waals surface area contributed by atoms with Crippen LogP contribution in [0, 0.1) is 0 Å². The van der Waals surface area contributed by atoms with E-state index in [0.29, 0.717) is 17.2 Å². The van der Waals surface area contributed by atoms with Crippen molar-refractivity contribution < 1.29 is 19.4 Å². The number of carboxylic acid groups (broad SMARTS) is 1. The molecule has 0 saturated heterocycles. The average molecular weight is 508 g/mol. The Kier molecular flexibility index (Phi) is 7.28. The van der Waals surface area contributed by atoms with Crippen molar-refractivity contribution in [3.63, 3.8) is 0 Å². The van der Waals surface area contributed by atoms with Crippen LogP contribution in [0.1, 0.15) is 20.8 Å². The van der Waals surface area contributed by atoms with Crippen LogP contribution in [0.4, 0.5) is 0 Å². The van der Waals surface area contributed by atoms with Crippen LogP contribution in [0.15, 0.2) is 109 Å². The first-order chi connectivity index (χ1) is 18.0. The molecule has 0 aliphatic rings. The van der Waals surface area contributed by atoms with Crippen molar-refractivity contribution in [2.75, 3.05) is 0 Å². The van der Waals surface area contributed by atoms with Crippen LogP contribution in [-0.2, 0) is 17.8 Å². The van der Waals surface area contributed by atoms with Crippen molar-refractivity contribution in [1.29, 1.82) is 0 Å². The van der Waals surface area contributed by atoms with E-state index in [-0.39, 0.29) is 6.42 Å². The number of carbonyl (C=O) groups excluding carboxylic acids is 1. The smallest absolute Gasteiger partial charge is 0.326 e. The highest BCUT2D eigenvalue weighted by Gasteiger charge is 2.22. The lowest BCUT2D eigenvalue weighted by molar-refractivity contribution is -0.139. The Morgan fingerprint density at radius 3 is 2.19 bits per heavy atom. The zero-order valence-corrected chi connectivity index (χ0v) is 20.8. The first-order valence-electron chi connectivity index (χ1n) is 11.9. The third kappa shape index (κ3) is 6.05. The maximum Gasteiger partial charge on any atom is 0.326 e. The van der Waals surface area contributed by atoms with Crippen molar-refractivity contribution in [2.24, 2.45) is 0 Å². The molecule has 1 heterocycles. The number of hydrogen-bond donors (Lipinski definition) is 2. The molecule has 0 fully saturated rings. The van der Waals surface area contributed by atoms with Crippen LogP contribution in [0.2, 0.25) is 0 Å². The minimum Gasteiger partial charge on any atom is -0.489 e. The topological polar surface area (TPSA) is 75.6 Å². The van der Waals surface area contributed by atoms with Gasteiger partial charge in [-0.1, -0.05) is 78.9 Å². The van der Waals surface area contributed by atoms with Gasteiger partial charge in [0.2, 0.25) is 0 Å². The van der Waals surface area contributed by atoms with Gasteiger partial charge in [0, 0.05) is 11.1 Å². The molecule has 37 heavy (non-hydrogen) atoms. The molecule has 5 aromatic rings. The second-order valence-electron chi connectivity index (χ2n) is 8.72. The number of ether oxygens (including phenoxy) is 1. The average Bonchev–Trinajstić information content (AvgIpc) is 3.37. The molecule has 1 aromatic heterocycles. The number of rotatable bonds is 9. The Balaban J connectivity index is 1.24. The van der Waals surface area contributed by atoms with E-state index >= 15 is 0 Å². The second-order valence-corrected chi connectivity index (χ2v) is 9.80. The van der Waals surface area contributed by atoms with E-state index in [0.717, 1.165) is 32.3 Å². The van der Waals surface area contributed by atoms with Crippen molar-refractivity contribution in [3.05, 3.63) is 125 Å². The summed E-state index contributed by atoms with van der Waals surface area (Å²) in [6.45, 7) is 0.454. The van der Waals surface area contributed by atoms with Crippen LogP contribution in [-0.4, -0.2) is 23.0 Å². The summed E-state index contributed by atoms with van der Waals surface area (Å²) in [5.74, 6) is -0.772. The van der Waals surface area contributed by atoms with Crippen LogP contribution in [0.3, 0.4) is 0 Å². The molecule has 1 unspecified atom stereocenters. The van der Waals surface area contributed by atoms with Gasteiger partial charge in [0.15, 0.2) is 0 Å². The van der Waals surface area contributed by atoms with E-state index in [4.69, 9.17) is 4.74 Å². The summed E-state index contributed by atoms with van der Waals surface area (Å²) < 4.78 is 6.78. The predicted molar refractivity (Wildman–Crippen MR) is 147 cm³/mol. The molecule has 0 saturated carbocycles. The van der Waals surface area contributed by atoms with Crippen molar-refractivity contribution >= 4 is 33.3 Å². The molecule has 0 radical (unpaired) electrons. The highest BCUT2D eigenvalue weighted by molar-refractivity contribution is 7.20. The maximum atomic E-state index is 13.0. The van der Waals surface area contributed by atoms with E-state index in [2.05, 4.69) is 5.32 Å². The molecule has 1 amide bonds. The number of thiophene rings is 1. The number of benzene rings is 4. The van der Waals surface area contributed by atoms with Gasteiger partial charge in [-0.15, -0.1) is 11.3 Å². The van der Waals surface area contributed by atoms with Gasteiger partial charge in [0.05, 0.1) is 4.88 Å². The Morgan fingerprint density at radius 2 is 1.49 bits per heavy atom. The molecular weight excluding hydrogens is 482 g/mol. The van der Waals surface area contributed by atoms with Crippen molar-refractivity contribution in [3.8, 4) is 16.9 Å². The first kappa shape index (κ1) is 24.3. The Hall–Kier alpha value is -4.42. The van der Waals surface area contributed by atoms with Gasteiger partial charge in [-0.2, -0.15) is 0 Å². The minimum absolute atomic E-state index is 0.170. The van der Waals surface area contributed by atoms with Crippen LogP contribution >= 0.6 is 11.3 Å². The van der Waals surface area contributed by atoms with E-state index in [1.165, 1.54) is 11.3 Å². The minimum atomic E-state index is -1.08. The number of nitrogens with one attached hydrogen (secondary N) is 1. The fraction of sp³-hybridized carbons (Fsp3) is 0.0968. The third-order valence-electron chi connectivity index (χ3n) is 6.06. The number of carboxylic acids is 1. The number of amides is 1. The van der Waals surface area contributed by atoms with E-state index in [1.54, 1.807) is 0 Å². The Morgan fingerprint density at radius 1 is 0.784 bits per heavy atom. The molecule has 0 aliphatic heterocycles. The SMILES string of the molecule is O=C(NC(Cc1ccc(OCc2ccccc2)cc1)C(=O)O)c1cc2cc(-c3ccccc3)ccc2s1. The highest BCUT2D eigenvalue weighted by Crippen LogP contribution is 2.30. The molecule has 1 atom stereocenters. The monoisotopic (exact) mass is 507 g/mol. The van der Waals surface area contributed by atoms with Gasteiger partial charge < -0.3 is 15.2 Å². The molecule has 6 heteroatoms. The molecular formula is C31H25NO4S. The molecule has 184 valence electrons. The lowest BCUT2D eigenvalue weighted by atomic mass is 10.0. The summed E-state index contributed by atoms with van der Waals surface area (Å²) >= 11 is 1.35. The van der Waals surface area contributed by atoms with Gasteiger partial charge in [-0.25, -0.2) is 4.79 Å². The van der Waals surface area contributed by atoms with Gasteiger partial charge >= 0.3 is 5.97 Å². The summed E-state index contributed by atoms with van der Waals surface area (Å²) in [6, 6.07) is 34.0. The van der Waals surface area contributed by atoms with Crippen molar-refractivity contribution in [2.45, 2.75) is 19.1 Å². The summed E-state index contributed by atoms with van der Waals surface area (Å²) in [7, 11) is 0. The van der Waals surface area contributed by atoms with E-state index in [9.17, 15) is 14.7 Å². The predicted octanol–water partition coefficient (Wildman–Crippen LogP) is 6.57. The molecule has 0 aliphatic carbocycles. The van der Waals surface area contributed by atoms with Gasteiger partial charge in [0.1, 0.15) is 18.4 Å². The van der Waals surface area contributed by atoms with Gasteiger partial charge in [-0.3, -0.25) is 4.79 Å². The molecule has 5 nitrogen and oxygen atoms in total. The molecule has 0 spiro atoms. The normalized spacial score (nSPS) is 11.7. The number of hydrogen-bond acceptors (Lipinski definition) is 4. The van der Waals surface area contributed by atoms with E-state index < -0.39 is 17.9 Å². The summed E-state index contributed by atoms with van der Waals surface area (Å²) in [4.78, 5) is 25.4. The Labute approximate surface area is 219 Å². The number of fused-ring (bicyclic) bond motifs is 1. The van der Waals surface area contributed by atoms with Crippen LogP contribution in [0.25, 0.3) is 21.2 Å². The lowest BCUT2D eigenvalue weighted by Gasteiger charge is -2.14. The largest absolute Gasteiger partial charge is 0.489 e. The first-order valence-corrected chi connectivity index (χ1v) is 12.8. The van der Waals surface area contributed by atoms with E-state index in [1.807, 2.05) is 109 Å². The lowest BCUT2D eigenvalue weighted by Crippen LogP contribution is -2.42.